The van der Waals surface area contributed by atoms with E-state index in [1.165, 1.54) is 30.6 Å². The normalized spacial score (nSPS) is 11.1. The van der Waals surface area contributed by atoms with Crippen LogP contribution in [-0.2, 0) is 0 Å². The standard InChI is InChI=1S/C21H18N4O5S/c1-12(2)24-20-15(11-22-24)14(10-16(23-20)19-5-4-8-31-19)21(26)30-18-9-13(25(27)28)6-7-17(18)29-3/h4-12H,1-3H3. The molecule has 1 aromatic carbocycles. The number of carbonyl (C=O) groups excluding carboxylic acids is 1. The molecular weight excluding hydrogens is 420 g/mol. The monoisotopic (exact) mass is 438 g/mol. The molecule has 0 bridgehead atoms. The molecule has 0 atom stereocenters. The summed E-state index contributed by atoms with van der Waals surface area (Å²) in [5.41, 5.74) is 1.21. The van der Waals surface area contributed by atoms with Crippen molar-refractivity contribution >= 4 is 34.0 Å². The smallest absolute Gasteiger partial charge is 0.344 e. The Morgan fingerprint density at radius 2 is 2.03 bits per heavy atom. The van der Waals surface area contributed by atoms with Crippen LogP contribution in [0.15, 0.2) is 48.0 Å². The van der Waals surface area contributed by atoms with Gasteiger partial charge < -0.3 is 9.47 Å². The molecule has 0 aliphatic rings. The molecular formula is C21H18N4O5S. The van der Waals surface area contributed by atoms with Gasteiger partial charge >= 0.3 is 5.97 Å². The first-order valence-corrected chi connectivity index (χ1v) is 10.2. The molecule has 10 heteroatoms. The zero-order valence-electron chi connectivity index (χ0n) is 16.9. The molecule has 0 aliphatic heterocycles. The van der Waals surface area contributed by atoms with E-state index in [-0.39, 0.29) is 28.8 Å². The van der Waals surface area contributed by atoms with Crippen molar-refractivity contribution in [3.63, 3.8) is 0 Å². The molecule has 0 unspecified atom stereocenters. The maximum atomic E-state index is 13.2. The SMILES string of the molecule is COc1ccc([N+](=O)[O-])cc1OC(=O)c1cc(-c2cccs2)nc2c1cnn2C(C)C. The lowest BCUT2D eigenvalue weighted by Crippen LogP contribution is -2.11. The minimum Gasteiger partial charge on any atom is -0.493 e. The average Bonchev–Trinajstić information content (AvgIpc) is 3.42. The number of nitro groups is 1. The number of nitro benzene ring substituents is 1. The van der Waals surface area contributed by atoms with Gasteiger partial charge in [-0.3, -0.25) is 10.1 Å². The molecule has 31 heavy (non-hydrogen) atoms. The fourth-order valence-electron chi connectivity index (χ4n) is 3.13. The van der Waals surface area contributed by atoms with Crippen LogP contribution < -0.4 is 9.47 Å². The predicted octanol–water partition coefficient (Wildman–Crippen LogP) is 4.88. The van der Waals surface area contributed by atoms with Gasteiger partial charge in [0.15, 0.2) is 17.1 Å². The number of benzene rings is 1. The molecule has 0 fully saturated rings. The highest BCUT2D eigenvalue weighted by molar-refractivity contribution is 7.13. The van der Waals surface area contributed by atoms with Crippen LogP contribution in [0.2, 0.25) is 0 Å². The molecule has 0 saturated carbocycles. The van der Waals surface area contributed by atoms with Gasteiger partial charge in [0.25, 0.3) is 5.69 Å². The number of rotatable bonds is 6. The Morgan fingerprint density at radius 1 is 1.23 bits per heavy atom. The van der Waals surface area contributed by atoms with Crippen LogP contribution in [0.25, 0.3) is 21.6 Å². The van der Waals surface area contributed by atoms with E-state index < -0.39 is 10.9 Å². The van der Waals surface area contributed by atoms with Gasteiger partial charge in [0.1, 0.15) is 0 Å². The minimum absolute atomic E-state index is 0.0318. The molecule has 0 amide bonds. The van der Waals surface area contributed by atoms with Crippen molar-refractivity contribution in [1.82, 2.24) is 14.8 Å². The number of methoxy groups -OCH3 is 1. The second kappa shape index (κ2) is 8.15. The highest BCUT2D eigenvalue weighted by Gasteiger charge is 2.22. The van der Waals surface area contributed by atoms with Crippen molar-refractivity contribution in [3.05, 3.63) is 63.7 Å². The van der Waals surface area contributed by atoms with Gasteiger partial charge in [-0.1, -0.05) is 6.07 Å². The molecule has 0 aliphatic carbocycles. The fourth-order valence-corrected chi connectivity index (χ4v) is 3.82. The van der Waals surface area contributed by atoms with Crippen molar-refractivity contribution in [2.45, 2.75) is 19.9 Å². The molecule has 0 N–H and O–H groups in total. The van der Waals surface area contributed by atoms with Gasteiger partial charge in [0, 0.05) is 12.1 Å². The van der Waals surface area contributed by atoms with E-state index in [0.717, 1.165) is 10.9 Å². The average molecular weight is 438 g/mol. The van der Waals surface area contributed by atoms with E-state index in [1.54, 1.807) is 16.9 Å². The Kier molecular flexibility index (Phi) is 5.38. The third kappa shape index (κ3) is 3.84. The number of esters is 1. The van der Waals surface area contributed by atoms with Crippen molar-refractivity contribution in [3.8, 4) is 22.1 Å². The van der Waals surface area contributed by atoms with Crippen LogP contribution in [0, 0.1) is 10.1 Å². The van der Waals surface area contributed by atoms with E-state index in [0.29, 0.717) is 16.7 Å². The molecule has 0 spiro atoms. The van der Waals surface area contributed by atoms with Gasteiger partial charge in [-0.25, -0.2) is 14.5 Å². The Labute approximate surface area is 181 Å². The van der Waals surface area contributed by atoms with E-state index in [1.807, 2.05) is 31.4 Å². The van der Waals surface area contributed by atoms with Crippen LogP contribution >= 0.6 is 11.3 Å². The first kappa shape index (κ1) is 20.5. The van der Waals surface area contributed by atoms with Crippen molar-refractivity contribution in [2.75, 3.05) is 7.11 Å². The summed E-state index contributed by atoms with van der Waals surface area (Å²) in [7, 11) is 1.39. The van der Waals surface area contributed by atoms with Crippen molar-refractivity contribution < 1.29 is 19.2 Å². The third-order valence-corrected chi connectivity index (χ3v) is 5.50. The second-order valence-corrected chi connectivity index (χ2v) is 7.88. The highest BCUT2D eigenvalue weighted by Crippen LogP contribution is 2.34. The van der Waals surface area contributed by atoms with Crippen LogP contribution in [0.5, 0.6) is 11.5 Å². The zero-order valence-corrected chi connectivity index (χ0v) is 17.8. The Bertz CT molecular complexity index is 1280. The molecule has 3 heterocycles. The number of ether oxygens (including phenoxy) is 2. The van der Waals surface area contributed by atoms with Gasteiger partial charge in [-0.15, -0.1) is 11.3 Å². The number of pyridine rings is 1. The number of carbonyl (C=O) groups is 1. The zero-order chi connectivity index (χ0) is 22.1. The predicted molar refractivity (Wildman–Crippen MR) is 116 cm³/mol. The van der Waals surface area contributed by atoms with Crippen LogP contribution in [0.4, 0.5) is 5.69 Å². The summed E-state index contributed by atoms with van der Waals surface area (Å²) in [6.07, 6.45) is 1.57. The van der Waals surface area contributed by atoms with E-state index >= 15 is 0 Å². The van der Waals surface area contributed by atoms with Crippen LogP contribution in [0.3, 0.4) is 0 Å². The first-order valence-electron chi connectivity index (χ1n) is 9.35. The summed E-state index contributed by atoms with van der Waals surface area (Å²) < 4.78 is 12.5. The summed E-state index contributed by atoms with van der Waals surface area (Å²) in [6, 6.07) is 9.31. The van der Waals surface area contributed by atoms with E-state index in [9.17, 15) is 14.9 Å². The molecule has 0 radical (unpaired) electrons. The highest BCUT2D eigenvalue weighted by atomic mass is 32.1. The molecule has 4 aromatic rings. The Balaban J connectivity index is 1.83. The second-order valence-electron chi connectivity index (χ2n) is 6.93. The summed E-state index contributed by atoms with van der Waals surface area (Å²) in [4.78, 5) is 29.3. The number of hydrogen-bond acceptors (Lipinski definition) is 8. The summed E-state index contributed by atoms with van der Waals surface area (Å²) >= 11 is 1.50. The fraction of sp³-hybridized carbons (Fsp3) is 0.190. The van der Waals surface area contributed by atoms with E-state index in [2.05, 4.69) is 5.10 Å². The minimum atomic E-state index is -0.688. The number of hydrogen-bond donors (Lipinski definition) is 0. The quantitative estimate of drug-likeness (QED) is 0.183. The topological polar surface area (TPSA) is 109 Å². The number of thiophene rings is 1. The van der Waals surface area contributed by atoms with Crippen LogP contribution in [-0.4, -0.2) is 32.8 Å². The lowest BCUT2D eigenvalue weighted by molar-refractivity contribution is -0.384. The van der Waals surface area contributed by atoms with Crippen LogP contribution in [0.1, 0.15) is 30.2 Å². The third-order valence-electron chi connectivity index (χ3n) is 4.61. The molecule has 9 nitrogen and oxygen atoms in total. The van der Waals surface area contributed by atoms with Gasteiger partial charge in [-0.05, 0) is 37.4 Å². The van der Waals surface area contributed by atoms with Gasteiger partial charge in [0.2, 0.25) is 0 Å². The van der Waals surface area contributed by atoms with Crippen molar-refractivity contribution in [1.29, 1.82) is 0 Å². The van der Waals surface area contributed by atoms with Gasteiger partial charge in [-0.2, -0.15) is 5.10 Å². The lowest BCUT2D eigenvalue weighted by atomic mass is 10.1. The number of nitrogens with zero attached hydrogens (tertiary/aromatic N) is 4. The van der Waals surface area contributed by atoms with Crippen molar-refractivity contribution in [2.24, 2.45) is 0 Å². The molecule has 3 aromatic heterocycles. The summed E-state index contributed by atoms with van der Waals surface area (Å²) in [6.45, 7) is 3.94. The maximum absolute atomic E-state index is 13.2. The van der Waals surface area contributed by atoms with Gasteiger partial charge in [0.05, 0.1) is 45.8 Å². The Morgan fingerprint density at radius 3 is 2.68 bits per heavy atom. The summed E-state index contributed by atoms with van der Waals surface area (Å²) in [5, 5.41) is 18.0. The first-order chi connectivity index (χ1) is 14.9. The number of aromatic nitrogens is 3. The Hall–Kier alpha value is -3.79. The molecule has 4 rings (SSSR count). The number of non-ortho nitro benzene ring substituents is 1. The van der Waals surface area contributed by atoms with E-state index in [4.69, 9.17) is 14.5 Å². The maximum Gasteiger partial charge on any atom is 0.344 e. The summed E-state index contributed by atoms with van der Waals surface area (Å²) in [5.74, 6) is -0.520. The number of fused-ring (bicyclic) bond motifs is 1. The lowest BCUT2D eigenvalue weighted by Gasteiger charge is -2.11. The molecule has 0 saturated heterocycles. The largest absolute Gasteiger partial charge is 0.493 e. The molecule has 158 valence electrons.